The molecule has 1 aromatic heterocycles. The van der Waals surface area contributed by atoms with Gasteiger partial charge in [-0.25, -0.2) is 8.78 Å². The summed E-state index contributed by atoms with van der Waals surface area (Å²) in [6.07, 6.45) is 3.76. The second-order valence-corrected chi connectivity index (χ2v) is 6.77. The lowest BCUT2D eigenvalue weighted by Gasteiger charge is -2.13. The summed E-state index contributed by atoms with van der Waals surface area (Å²) in [5.41, 5.74) is 0.207. The lowest BCUT2D eigenvalue weighted by atomic mass is 10.2. The van der Waals surface area contributed by atoms with Crippen molar-refractivity contribution in [3.8, 4) is 0 Å². The summed E-state index contributed by atoms with van der Waals surface area (Å²) in [4.78, 5) is 14.1. The fourth-order valence-electron chi connectivity index (χ4n) is 2.66. The van der Waals surface area contributed by atoms with Gasteiger partial charge in [-0.2, -0.15) is 0 Å². The van der Waals surface area contributed by atoms with Gasteiger partial charge in [0, 0.05) is 28.6 Å². The van der Waals surface area contributed by atoms with Crippen molar-refractivity contribution in [1.29, 1.82) is 0 Å². The van der Waals surface area contributed by atoms with Crippen LogP contribution in [-0.2, 0) is 0 Å². The number of fused-ring (bicyclic) bond motifs is 1. The molecule has 2 aromatic carbocycles. The molecule has 0 spiro atoms. The first kappa shape index (κ1) is 14.5. The molecule has 0 N–H and O–H groups in total. The van der Waals surface area contributed by atoms with E-state index in [0.29, 0.717) is 10.4 Å². The van der Waals surface area contributed by atoms with Crippen LogP contribution in [0.4, 0.5) is 8.78 Å². The van der Waals surface area contributed by atoms with E-state index >= 15 is 0 Å². The van der Waals surface area contributed by atoms with Gasteiger partial charge in [0.1, 0.15) is 0 Å². The highest BCUT2D eigenvalue weighted by Crippen LogP contribution is 2.38. The predicted octanol–water partition coefficient (Wildman–Crippen LogP) is 4.77. The molecule has 0 atom stereocenters. The first-order valence-electron chi connectivity index (χ1n) is 7.40. The quantitative estimate of drug-likeness (QED) is 0.691. The predicted molar refractivity (Wildman–Crippen MR) is 87.0 cm³/mol. The number of benzene rings is 2. The summed E-state index contributed by atoms with van der Waals surface area (Å²) in [5.74, 6) is -1.91. The fourth-order valence-corrected chi connectivity index (χ4v) is 3.58. The molecule has 0 radical (unpaired) electrons. The monoisotopic (exact) mass is 329 g/mol. The molecule has 1 aliphatic carbocycles. The molecule has 3 aromatic rings. The summed E-state index contributed by atoms with van der Waals surface area (Å²) in [7, 11) is 0. The first-order chi connectivity index (χ1) is 11.1. The summed E-state index contributed by atoms with van der Waals surface area (Å²) < 4.78 is 29.1. The largest absolute Gasteiger partial charge is 0.343 e. The minimum absolute atomic E-state index is 0.233. The molecule has 1 heterocycles. The number of nitrogens with zero attached hydrogens (tertiary/aromatic N) is 1. The summed E-state index contributed by atoms with van der Waals surface area (Å²) in [6.45, 7) is 0. The standard InChI is InChI=1S/C18H13F2NOS/c19-14-8-13-16(9-15(14)20)21(11-6-7-11)10-17(18(13)22)23-12-4-2-1-3-5-12/h1-5,8-11H,6-7H2. The van der Waals surface area contributed by atoms with E-state index in [1.165, 1.54) is 11.8 Å². The third-order valence-corrected chi connectivity index (χ3v) is 4.97. The number of hydrogen-bond acceptors (Lipinski definition) is 2. The number of rotatable bonds is 3. The van der Waals surface area contributed by atoms with Crippen molar-refractivity contribution >= 4 is 22.7 Å². The molecule has 23 heavy (non-hydrogen) atoms. The lowest BCUT2D eigenvalue weighted by Crippen LogP contribution is -2.12. The van der Waals surface area contributed by atoms with Crippen LogP contribution in [-0.4, -0.2) is 4.57 Å². The van der Waals surface area contributed by atoms with E-state index in [0.717, 1.165) is 29.9 Å². The number of aromatic nitrogens is 1. The third-order valence-electron chi connectivity index (χ3n) is 3.95. The maximum absolute atomic E-state index is 13.6. The Labute approximate surface area is 135 Å². The van der Waals surface area contributed by atoms with Crippen LogP contribution < -0.4 is 5.43 Å². The van der Waals surface area contributed by atoms with Crippen molar-refractivity contribution in [2.75, 3.05) is 0 Å². The Morgan fingerprint density at radius 3 is 2.43 bits per heavy atom. The number of hydrogen-bond donors (Lipinski definition) is 0. The van der Waals surface area contributed by atoms with Crippen LogP contribution in [0.25, 0.3) is 10.9 Å². The molecule has 0 saturated heterocycles. The van der Waals surface area contributed by atoms with Crippen LogP contribution in [0.15, 0.2) is 63.2 Å². The minimum atomic E-state index is -0.987. The second-order valence-electron chi connectivity index (χ2n) is 5.66. The number of halogens is 2. The van der Waals surface area contributed by atoms with Gasteiger partial charge in [0.25, 0.3) is 0 Å². The highest BCUT2D eigenvalue weighted by molar-refractivity contribution is 7.99. The molecular weight excluding hydrogens is 316 g/mol. The van der Waals surface area contributed by atoms with E-state index in [1.807, 2.05) is 34.9 Å². The Morgan fingerprint density at radius 1 is 1.04 bits per heavy atom. The van der Waals surface area contributed by atoms with Crippen LogP contribution in [0.1, 0.15) is 18.9 Å². The Balaban J connectivity index is 1.93. The molecule has 1 saturated carbocycles. The van der Waals surface area contributed by atoms with Crippen LogP contribution in [0.3, 0.4) is 0 Å². The summed E-state index contributed by atoms with van der Waals surface area (Å²) in [5, 5.41) is 0.233. The van der Waals surface area contributed by atoms with Crippen LogP contribution in [0.5, 0.6) is 0 Å². The molecule has 2 nitrogen and oxygen atoms in total. The lowest BCUT2D eigenvalue weighted by molar-refractivity contribution is 0.510. The highest BCUT2D eigenvalue weighted by Gasteiger charge is 2.26. The second kappa shape index (κ2) is 5.49. The molecule has 1 aliphatic rings. The first-order valence-corrected chi connectivity index (χ1v) is 8.22. The van der Waals surface area contributed by atoms with Crippen molar-refractivity contribution in [2.24, 2.45) is 0 Å². The zero-order chi connectivity index (χ0) is 16.0. The van der Waals surface area contributed by atoms with Crippen LogP contribution in [0.2, 0.25) is 0 Å². The topological polar surface area (TPSA) is 22.0 Å². The van der Waals surface area contributed by atoms with Gasteiger partial charge in [-0.1, -0.05) is 30.0 Å². The van der Waals surface area contributed by atoms with Crippen molar-refractivity contribution in [2.45, 2.75) is 28.7 Å². The minimum Gasteiger partial charge on any atom is -0.343 e. The summed E-state index contributed by atoms with van der Waals surface area (Å²) >= 11 is 1.35. The van der Waals surface area contributed by atoms with E-state index in [4.69, 9.17) is 0 Å². The third kappa shape index (κ3) is 2.65. The maximum atomic E-state index is 13.6. The number of pyridine rings is 1. The van der Waals surface area contributed by atoms with Crippen molar-refractivity contribution < 1.29 is 8.78 Å². The van der Waals surface area contributed by atoms with Gasteiger partial charge in [-0.15, -0.1) is 0 Å². The molecule has 4 rings (SSSR count). The van der Waals surface area contributed by atoms with Gasteiger partial charge in [-0.3, -0.25) is 4.79 Å². The van der Waals surface area contributed by atoms with Gasteiger partial charge in [0.15, 0.2) is 11.6 Å². The van der Waals surface area contributed by atoms with Gasteiger partial charge >= 0.3 is 0 Å². The summed E-state index contributed by atoms with van der Waals surface area (Å²) in [6, 6.07) is 11.9. The van der Waals surface area contributed by atoms with Crippen LogP contribution >= 0.6 is 11.8 Å². The van der Waals surface area contributed by atoms with Crippen molar-refractivity contribution in [1.82, 2.24) is 4.57 Å². The molecule has 0 aliphatic heterocycles. The highest BCUT2D eigenvalue weighted by atomic mass is 32.2. The van der Waals surface area contributed by atoms with E-state index in [-0.39, 0.29) is 16.9 Å². The fraction of sp³-hybridized carbons (Fsp3) is 0.167. The average molecular weight is 329 g/mol. The zero-order valence-electron chi connectivity index (χ0n) is 12.1. The smallest absolute Gasteiger partial charge is 0.203 e. The van der Waals surface area contributed by atoms with E-state index in [1.54, 1.807) is 6.20 Å². The average Bonchev–Trinajstić information content (AvgIpc) is 3.38. The molecular formula is C18H13F2NOS. The van der Waals surface area contributed by atoms with Gasteiger partial charge < -0.3 is 4.57 Å². The maximum Gasteiger partial charge on any atom is 0.203 e. The van der Waals surface area contributed by atoms with Gasteiger partial charge in [0.2, 0.25) is 5.43 Å². The Morgan fingerprint density at radius 2 is 1.74 bits per heavy atom. The van der Waals surface area contributed by atoms with Gasteiger partial charge in [0.05, 0.1) is 10.4 Å². The normalized spacial score (nSPS) is 14.3. The Kier molecular flexibility index (Phi) is 3.45. The zero-order valence-corrected chi connectivity index (χ0v) is 12.9. The molecule has 0 amide bonds. The Bertz CT molecular complexity index is 949. The van der Waals surface area contributed by atoms with Crippen molar-refractivity contribution in [3.63, 3.8) is 0 Å². The Hall–Kier alpha value is -2.14. The van der Waals surface area contributed by atoms with E-state index in [2.05, 4.69) is 0 Å². The molecule has 0 bridgehead atoms. The van der Waals surface area contributed by atoms with Crippen LogP contribution in [0, 0.1) is 11.6 Å². The van der Waals surface area contributed by atoms with E-state index < -0.39 is 11.6 Å². The molecule has 5 heteroatoms. The SMILES string of the molecule is O=c1c(Sc2ccccc2)cn(C2CC2)c2cc(F)c(F)cc12. The molecule has 116 valence electrons. The van der Waals surface area contributed by atoms with Crippen molar-refractivity contribution in [3.05, 3.63) is 70.5 Å². The van der Waals surface area contributed by atoms with Gasteiger partial charge in [-0.05, 0) is 31.0 Å². The van der Waals surface area contributed by atoms with E-state index in [9.17, 15) is 13.6 Å². The molecule has 1 fully saturated rings. The molecule has 0 unspecified atom stereocenters.